The Morgan fingerprint density at radius 2 is 1.86 bits per heavy atom. The van der Waals surface area contributed by atoms with Crippen LogP contribution in [0.15, 0.2) is 40.6 Å². The van der Waals surface area contributed by atoms with E-state index in [4.69, 9.17) is 0 Å². The van der Waals surface area contributed by atoms with Gasteiger partial charge in [0, 0.05) is 0 Å². The zero-order valence-corrected chi connectivity index (χ0v) is 13.1. The maximum atomic E-state index is 13.5. The Balaban J connectivity index is 2.21. The molecule has 0 aliphatic rings. The predicted octanol–water partition coefficient (Wildman–Crippen LogP) is 3.32. The van der Waals surface area contributed by atoms with Gasteiger partial charge in [0.05, 0.1) is 15.8 Å². The van der Waals surface area contributed by atoms with Crippen molar-refractivity contribution in [3.05, 3.63) is 47.8 Å². The molecule has 2 aromatic rings. The average molecular weight is 327 g/mol. The Morgan fingerprint density at radius 1 is 1.19 bits per heavy atom. The first-order valence-corrected chi connectivity index (χ1v) is 8.58. The molecule has 112 valence electrons. The Kier molecular flexibility index (Phi) is 4.43. The highest BCUT2D eigenvalue weighted by atomic mass is 32.2. The lowest BCUT2D eigenvalue weighted by Crippen LogP contribution is -2.13. The van der Waals surface area contributed by atoms with Gasteiger partial charge in [-0.2, -0.15) is 0 Å². The van der Waals surface area contributed by atoms with Crippen LogP contribution in [0.5, 0.6) is 0 Å². The lowest BCUT2D eigenvalue weighted by atomic mass is 10.2. The highest BCUT2D eigenvalue weighted by Gasteiger charge is 2.22. The molecule has 2 rings (SSSR count). The summed E-state index contributed by atoms with van der Waals surface area (Å²) in [6.45, 7) is 3.18. The van der Waals surface area contributed by atoms with Gasteiger partial charge in [0.15, 0.2) is 9.84 Å². The van der Waals surface area contributed by atoms with Gasteiger partial charge in [-0.1, -0.05) is 12.1 Å². The minimum atomic E-state index is -3.37. The number of anilines is 1. The van der Waals surface area contributed by atoms with Crippen LogP contribution in [-0.2, 0) is 9.84 Å². The summed E-state index contributed by atoms with van der Waals surface area (Å²) in [7, 11) is -3.37. The van der Waals surface area contributed by atoms with Gasteiger partial charge in [0.2, 0.25) is 0 Å². The Morgan fingerprint density at radius 3 is 2.48 bits per heavy atom. The van der Waals surface area contributed by atoms with Gasteiger partial charge < -0.3 is 5.32 Å². The molecule has 1 N–H and O–H groups in total. The summed E-state index contributed by atoms with van der Waals surface area (Å²) >= 11 is 0.955. The molecule has 7 heteroatoms. The molecule has 0 radical (unpaired) electrons. The summed E-state index contributed by atoms with van der Waals surface area (Å²) in [6.07, 6.45) is 0. The summed E-state index contributed by atoms with van der Waals surface area (Å²) in [5.41, 5.74) is -0.0841. The molecule has 0 atom stereocenters. The number of hydrogen-bond donors (Lipinski definition) is 1. The van der Waals surface area contributed by atoms with Crippen LogP contribution in [0, 0.1) is 5.82 Å². The smallest absolute Gasteiger partial charge is 0.259 e. The van der Waals surface area contributed by atoms with E-state index in [1.165, 1.54) is 30.3 Å². The molecule has 0 spiro atoms. The van der Waals surface area contributed by atoms with Gasteiger partial charge in [-0.15, -0.1) is 11.3 Å². The van der Waals surface area contributed by atoms with E-state index in [0.717, 1.165) is 11.3 Å². The SMILES string of the molecule is CC(C)S(=O)(=O)c1ccc(NC(=O)c2ccccc2F)s1. The number of hydrogen-bond acceptors (Lipinski definition) is 4. The van der Waals surface area contributed by atoms with Crippen LogP contribution in [0.25, 0.3) is 0 Å². The molecule has 0 fully saturated rings. The van der Waals surface area contributed by atoms with Crippen molar-refractivity contribution in [1.29, 1.82) is 0 Å². The van der Waals surface area contributed by atoms with E-state index in [2.05, 4.69) is 5.32 Å². The molecule has 0 saturated heterocycles. The number of halogens is 1. The molecule has 0 aliphatic carbocycles. The minimum absolute atomic E-state index is 0.0841. The van der Waals surface area contributed by atoms with E-state index in [1.54, 1.807) is 19.9 Å². The van der Waals surface area contributed by atoms with Crippen molar-refractivity contribution in [3.63, 3.8) is 0 Å². The molecule has 21 heavy (non-hydrogen) atoms. The van der Waals surface area contributed by atoms with Gasteiger partial charge in [-0.25, -0.2) is 12.8 Å². The molecule has 1 amide bonds. The molecule has 0 aliphatic heterocycles. The van der Waals surface area contributed by atoms with Gasteiger partial charge in [-0.3, -0.25) is 4.79 Å². The van der Waals surface area contributed by atoms with E-state index in [0.29, 0.717) is 5.00 Å². The fraction of sp³-hybridized carbons (Fsp3) is 0.214. The number of thiophene rings is 1. The molecular formula is C14H14FNO3S2. The van der Waals surface area contributed by atoms with Gasteiger partial charge >= 0.3 is 0 Å². The summed E-state index contributed by atoms with van der Waals surface area (Å²) in [5.74, 6) is -1.23. The molecule has 1 aromatic heterocycles. The van der Waals surface area contributed by atoms with Crippen molar-refractivity contribution in [2.75, 3.05) is 5.32 Å². The largest absolute Gasteiger partial charge is 0.313 e. The normalized spacial score (nSPS) is 11.6. The minimum Gasteiger partial charge on any atom is -0.313 e. The zero-order chi connectivity index (χ0) is 15.6. The molecular weight excluding hydrogens is 313 g/mol. The third-order valence-electron chi connectivity index (χ3n) is 2.84. The van der Waals surface area contributed by atoms with Crippen LogP contribution in [0.3, 0.4) is 0 Å². The number of amides is 1. The van der Waals surface area contributed by atoms with Crippen LogP contribution in [0.1, 0.15) is 24.2 Å². The Hall–Kier alpha value is -1.73. The zero-order valence-electron chi connectivity index (χ0n) is 11.5. The van der Waals surface area contributed by atoms with Crippen molar-refractivity contribution in [2.24, 2.45) is 0 Å². The fourth-order valence-corrected chi connectivity index (χ4v) is 4.26. The third-order valence-corrected chi connectivity index (χ3v) is 6.52. The number of carbonyl (C=O) groups is 1. The standard InChI is InChI=1S/C14H14FNO3S2/c1-9(2)21(18,19)13-8-7-12(20-13)16-14(17)10-5-3-4-6-11(10)15/h3-9H,1-2H3,(H,16,17). The third kappa shape index (κ3) is 3.30. The van der Waals surface area contributed by atoms with Crippen LogP contribution >= 0.6 is 11.3 Å². The lowest BCUT2D eigenvalue weighted by molar-refractivity contribution is 0.102. The molecule has 0 bridgehead atoms. The van der Waals surface area contributed by atoms with E-state index in [9.17, 15) is 17.6 Å². The maximum Gasteiger partial charge on any atom is 0.259 e. The lowest BCUT2D eigenvalue weighted by Gasteiger charge is -2.05. The van der Waals surface area contributed by atoms with Crippen LogP contribution in [0.4, 0.5) is 9.39 Å². The molecule has 1 aromatic carbocycles. The quantitative estimate of drug-likeness (QED) is 0.937. The van der Waals surface area contributed by atoms with Crippen LogP contribution in [-0.4, -0.2) is 19.6 Å². The highest BCUT2D eigenvalue weighted by molar-refractivity contribution is 7.94. The summed E-state index contributed by atoms with van der Waals surface area (Å²) in [5, 5.41) is 2.33. The van der Waals surface area contributed by atoms with E-state index >= 15 is 0 Å². The number of benzene rings is 1. The maximum absolute atomic E-state index is 13.5. The number of sulfone groups is 1. The van der Waals surface area contributed by atoms with Crippen LogP contribution < -0.4 is 5.32 Å². The first-order valence-electron chi connectivity index (χ1n) is 6.22. The highest BCUT2D eigenvalue weighted by Crippen LogP contribution is 2.29. The first kappa shape index (κ1) is 15.7. The van der Waals surface area contributed by atoms with Crippen molar-refractivity contribution in [1.82, 2.24) is 0 Å². The molecule has 1 heterocycles. The van der Waals surface area contributed by atoms with Crippen molar-refractivity contribution in [3.8, 4) is 0 Å². The van der Waals surface area contributed by atoms with Crippen LogP contribution in [0.2, 0.25) is 0 Å². The van der Waals surface area contributed by atoms with Gasteiger partial charge in [-0.05, 0) is 38.1 Å². The van der Waals surface area contributed by atoms with Crippen molar-refractivity contribution >= 4 is 32.1 Å². The Labute approximate surface area is 126 Å². The second kappa shape index (κ2) is 5.95. The van der Waals surface area contributed by atoms with E-state index in [-0.39, 0.29) is 9.77 Å². The molecule has 0 unspecified atom stereocenters. The second-order valence-corrected chi connectivity index (χ2v) is 8.46. The predicted molar refractivity (Wildman–Crippen MR) is 81.0 cm³/mol. The summed E-state index contributed by atoms with van der Waals surface area (Å²) < 4.78 is 37.7. The average Bonchev–Trinajstić information content (AvgIpc) is 2.88. The van der Waals surface area contributed by atoms with Gasteiger partial charge in [0.1, 0.15) is 10.0 Å². The van der Waals surface area contributed by atoms with Crippen molar-refractivity contribution < 1.29 is 17.6 Å². The number of rotatable bonds is 4. The summed E-state index contributed by atoms with van der Waals surface area (Å²) in [6, 6.07) is 8.54. The Bertz CT molecular complexity index is 766. The first-order chi connectivity index (χ1) is 9.82. The summed E-state index contributed by atoms with van der Waals surface area (Å²) in [4.78, 5) is 11.9. The second-order valence-electron chi connectivity index (χ2n) is 4.65. The fourth-order valence-electron chi connectivity index (χ4n) is 1.60. The topological polar surface area (TPSA) is 63.2 Å². The van der Waals surface area contributed by atoms with E-state index in [1.807, 2.05) is 0 Å². The molecule has 4 nitrogen and oxygen atoms in total. The van der Waals surface area contributed by atoms with Crippen molar-refractivity contribution in [2.45, 2.75) is 23.3 Å². The van der Waals surface area contributed by atoms with Gasteiger partial charge in [0.25, 0.3) is 5.91 Å². The number of nitrogens with one attached hydrogen (secondary N) is 1. The monoisotopic (exact) mass is 327 g/mol. The number of carbonyl (C=O) groups excluding carboxylic acids is 1. The molecule has 0 saturated carbocycles. The van der Waals surface area contributed by atoms with E-state index < -0.39 is 26.8 Å².